The van der Waals surface area contributed by atoms with E-state index in [0.29, 0.717) is 17.3 Å². The molecule has 1 unspecified atom stereocenters. The van der Waals surface area contributed by atoms with Crippen LogP contribution in [0.5, 0.6) is 0 Å². The van der Waals surface area contributed by atoms with E-state index in [1.807, 2.05) is 0 Å². The molecule has 1 aliphatic heterocycles. The van der Waals surface area contributed by atoms with Gasteiger partial charge in [-0.3, -0.25) is 0 Å². The van der Waals surface area contributed by atoms with Gasteiger partial charge in [0.1, 0.15) is 0 Å². The Hall–Kier alpha value is -0.0800. The van der Waals surface area contributed by atoms with E-state index in [1.54, 1.807) is 0 Å². The maximum Gasteiger partial charge on any atom is 0.00242 e. The van der Waals surface area contributed by atoms with Gasteiger partial charge in [0.2, 0.25) is 0 Å². The summed E-state index contributed by atoms with van der Waals surface area (Å²) in [5, 5.41) is 0. The second-order valence-electron chi connectivity index (χ2n) is 6.56. The SMILES string of the molecule is CC(C)C(CN)CN1CCCC(C)(C)CC1. The maximum atomic E-state index is 5.86. The van der Waals surface area contributed by atoms with Gasteiger partial charge in [-0.05, 0) is 56.1 Å². The number of likely N-dealkylation sites (tertiary alicyclic amines) is 1. The van der Waals surface area contributed by atoms with Crippen molar-refractivity contribution in [1.29, 1.82) is 0 Å². The third-order valence-corrected chi connectivity index (χ3v) is 4.17. The van der Waals surface area contributed by atoms with Crippen LogP contribution >= 0.6 is 0 Å². The smallest absolute Gasteiger partial charge is 0.00242 e. The number of hydrogen-bond acceptors (Lipinski definition) is 2. The Morgan fingerprint density at radius 2 is 1.88 bits per heavy atom. The van der Waals surface area contributed by atoms with Crippen LogP contribution in [0.4, 0.5) is 0 Å². The molecule has 0 saturated carbocycles. The Morgan fingerprint density at radius 3 is 2.44 bits per heavy atom. The van der Waals surface area contributed by atoms with E-state index in [9.17, 15) is 0 Å². The molecular weight excluding hydrogens is 196 g/mol. The Morgan fingerprint density at radius 1 is 1.19 bits per heavy atom. The van der Waals surface area contributed by atoms with Crippen molar-refractivity contribution in [2.24, 2.45) is 23.0 Å². The van der Waals surface area contributed by atoms with E-state index in [2.05, 4.69) is 32.6 Å². The zero-order valence-corrected chi connectivity index (χ0v) is 11.6. The summed E-state index contributed by atoms with van der Waals surface area (Å²) in [6.45, 7) is 13.9. The van der Waals surface area contributed by atoms with Gasteiger partial charge < -0.3 is 10.6 Å². The molecule has 96 valence electrons. The predicted molar refractivity (Wildman–Crippen MR) is 71.5 cm³/mol. The Bertz CT molecular complexity index is 199. The molecule has 0 radical (unpaired) electrons. The molecular formula is C14H30N2. The summed E-state index contributed by atoms with van der Waals surface area (Å²) in [6.07, 6.45) is 4.06. The van der Waals surface area contributed by atoms with Crippen LogP contribution in [0.25, 0.3) is 0 Å². The van der Waals surface area contributed by atoms with Crippen molar-refractivity contribution in [3.8, 4) is 0 Å². The molecule has 1 fully saturated rings. The van der Waals surface area contributed by atoms with E-state index in [1.165, 1.54) is 38.9 Å². The fourth-order valence-corrected chi connectivity index (χ4v) is 2.55. The van der Waals surface area contributed by atoms with E-state index < -0.39 is 0 Å². The molecule has 0 aliphatic carbocycles. The Labute approximate surface area is 102 Å². The molecule has 2 N–H and O–H groups in total. The largest absolute Gasteiger partial charge is 0.330 e. The molecule has 1 heterocycles. The summed E-state index contributed by atoms with van der Waals surface area (Å²) in [7, 11) is 0. The molecule has 1 atom stereocenters. The highest BCUT2D eigenvalue weighted by Gasteiger charge is 2.24. The van der Waals surface area contributed by atoms with Crippen LogP contribution in [0.3, 0.4) is 0 Å². The van der Waals surface area contributed by atoms with Crippen molar-refractivity contribution in [3.05, 3.63) is 0 Å². The summed E-state index contributed by atoms with van der Waals surface area (Å²) in [6, 6.07) is 0. The third kappa shape index (κ3) is 4.42. The van der Waals surface area contributed by atoms with Gasteiger partial charge in [-0.15, -0.1) is 0 Å². The number of hydrogen-bond donors (Lipinski definition) is 1. The Balaban J connectivity index is 2.43. The first-order valence-electron chi connectivity index (χ1n) is 6.87. The van der Waals surface area contributed by atoms with Crippen molar-refractivity contribution < 1.29 is 0 Å². The average molecular weight is 226 g/mol. The summed E-state index contributed by atoms with van der Waals surface area (Å²) < 4.78 is 0. The van der Waals surface area contributed by atoms with Crippen LogP contribution in [0.2, 0.25) is 0 Å². The van der Waals surface area contributed by atoms with E-state index in [4.69, 9.17) is 5.73 Å². The molecule has 0 amide bonds. The van der Waals surface area contributed by atoms with Gasteiger partial charge in [-0.1, -0.05) is 27.7 Å². The number of rotatable bonds is 4. The van der Waals surface area contributed by atoms with Crippen molar-refractivity contribution >= 4 is 0 Å². The summed E-state index contributed by atoms with van der Waals surface area (Å²) >= 11 is 0. The topological polar surface area (TPSA) is 29.3 Å². The van der Waals surface area contributed by atoms with E-state index >= 15 is 0 Å². The van der Waals surface area contributed by atoms with Crippen molar-refractivity contribution in [2.45, 2.75) is 47.0 Å². The summed E-state index contributed by atoms with van der Waals surface area (Å²) in [5.74, 6) is 1.38. The molecule has 2 nitrogen and oxygen atoms in total. The van der Waals surface area contributed by atoms with E-state index in [0.717, 1.165) is 6.54 Å². The van der Waals surface area contributed by atoms with Gasteiger partial charge in [0.15, 0.2) is 0 Å². The monoisotopic (exact) mass is 226 g/mol. The van der Waals surface area contributed by atoms with Crippen LogP contribution < -0.4 is 5.73 Å². The molecule has 1 saturated heterocycles. The number of nitrogens with two attached hydrogens (primary N) is 1. The van der Waals surface area contributed by atoms with Gasteiger partial charge in [0.05, 0.1) is 0 Å². The van der Waals surface area contributed by atoms with Gasteiger partial charge >= 0.3 is 0 Å². The van der Waals surface area contributed by atoms with Gasteiger partial charge in [0, 0.05) is 6.54 Å². The van der Waals surface area contributed by atoms with Gasteiger partial charge in [-0.2, -0.15) is 0 Å². The highest BCUT2D eigenvalue weighted by atomic mass is 15.1. The summed E-state index contributed by atoms with van der Waals surface area (Å²) in [4.78, 5) is 2.63. The second kappa shape index (κ2) is 6.02. The molecule has 1 aliphatic rings. The van der Waals surface area contributed by atoms with Crippen molar-refractivity contribution in [1.82, 2.24) is 4.90 Å². The molecule has 0 aromatic heterocycles. The van der Waals surface area contributed by atoms with Crippen LogP contribution in [-0.4, -0.2) is 31.1 Å². The maximum absolute atomic E-state index is 5.86. The molecule has 1 rings (SSSR count). The van der Waals surface area contributed by atoms with Crippen LogP contribution in [-0.2, 0) is 0 Å². The Kier molecular flexibility index (Phi) is 5.26. The van der Waals surface area contributed by atoms with Crippen molar-refractivity contribution in [2.75, 3.05) is 26.2 Å². The van der Waals surface area contributed by atoms with Gasteiger partial charge in [0.25, 0.3) is 0 Å². The molecule has 0 aromatic carbocycles. The lowest BCUT2D eigenvalue weighted by Crippen LogP contribution is -2.36. The fraction of sp³-hybridized carbons (Fsp3) is 1.00. The minimum Gasteiger partial charge on any atom is -0.330 e. The zero-order chi connectivity index (χ0) is 12.2. The fourth-order valence-electron chi connectivity index (χ4n) is 2.55. The molecule has 0 spiro atoms. The van der Waals surface area contributed by atoms with Crippen LogP contribution in [0.1, 0.15) is 47.0 Å². The standard InChI is InChI=1S/C14H30N2/c1-12(2)13(10-15)11-16-8-5-6-14(3,4)7-9-16/h12-13H,5-11,15H2,1-4H3. The van der Waals surface area contributed by atoms with Gasteiger partial charge in [-0.25, -0.2) is 0 Å². The lowest BCUT2D eigenvalue weighted by Gasteiger charge is -2.28. The third-order valence-electron chi connectivity index (χ3n) is 4.17. The number of nitrogens with zero attached hydrogens (tertiary/aromatic N) is 1. The van der Waals surface area contributed by atoms with Crippen LogP contribution in [0.15, 0.2) is 0 Å². The van der Waals surface area contributed by atoms with Crippen LogP contribution in [0, 0.1) is 17.3 Å². The molecule has 16 heavy (non-hydrogen) atoms. The molecule has 2 heteroatoms. The van der Waals surface area contributed by atoms with E-state index in [-0.39, 0.29) is 0 Å². The first-order chi connectivity index (χ1) is 7.44. The first kappa shape index (κ1) is 14.0. The summed E-state index contributed by atoms with van der Waals surface area (Å²) in [5.41, 5.74) is 6.40. The predicted octanol–water partition coefficient (Wildman–Crippen LogP) is 2.73. The minimum atomic E-state index is 0.546. The minimum absolute atomic E-state index is 0.546. The normalized spacial score (nSPS) is 24.4. The quantitative estimate of drug-likeness (QED) is 0.798. The molecule has 0 aromatic rings. The highest BCUT2D eigenvalue weighted by Crippen LogP contribution is 2.30. The highest BCUT2D eigenvalue weighted by molar-refractivity contribution is 4.78. The first-order valence-corrected chi connectivity index (χ1v) is 6.87. The average Bonchev–Trinajstić information content (AvgIpc) is 2.36. The van der Waals surface area contributed by atoms with Crippen molar-refractivity contribution in [3.63, 3.8) is 0 Å². The zero-order valence-electron chi connectivity index (χ0n) is 11.6. The second-order valence-corrected chi connectivity index (χ2v) is 6.56. The molecule has 0 bridgehead atoms. The lowest BCUT2D eigenvalue weighted by atomic mass is 9.85. The lowest BCUT2D eigenvalue weighted by molar-refractivity contribution is 0.203.